The van der Waals surface area contributed by atoms with Crippen molar-refractivity contribution in [2.75, 3.05) is 11.9 Å². The Kier molecular flexibility index (Phi) is 3.75. The number of hydrogen-bond acceptors (Lipinski definition) is 4. The van der Waals surface area contributed by atoms with Crippen molar-refractivity contribution in [3.63, 3.8) is 0 Å². The minimum atomic E-state index is -0.695. The third kappa shape index (κ3) is 2.87. The molecular weight excluding hydrogens is 244 g/mol. The first kappa shape index (κ1) is 13.8. The van der Waals surface area contributed by atoms with Crippen molar-refractivity contribution in [1.29, 1.82) is 0 Å². The van der Waals surface area contributed by atoms with Crippen LogP contribution in [-0.4, -0.2) is 23.1 Å². The summed E-state index contributed by atoms with van der Waals surface area (Å²) in [4.78, 5) is 12.8. The second-order valence-corrected chi connectivity index (χ2v) is 5.37. The van der Waals surface area contributed by atoms with Gasteiger partial charge in [-0.05, 0) is 44.2 Å². The summed E-state index contributed by atoms with van der Waals surface area (Å²) >= 11 is 0. The smallest absolute Gasteiger partial charge is 0.292 e. The van der Waals surface area contributed by atoms with E-state index in [0.717, 1.165) is 0 Å². The molecule has 1 aromatic carbocycles. The van der Waals surface area contributed by atoms with E-state index in [9.17, 15) is 15.2 Å². The van der Waals surface area contributed by atoms with E-state index in [4.69, 9.17) is 0 Å². The predicted octanol–water partition coefficient (Wildman–Crippen LogP) is 2.88. The molecule has 2 rings (SSSR count). The molecule has 5 nitrogen and oxygen atoms in total. The largest absolute Gasteiger partial charge is 0.389 e. The molecule has 0 bridgehead atoms. The molecule has 0 spiro atoms. The second kappa shape index (κ2) is 5.17. The average Bonchev–Trinajstić information content (AvgIpc) is 3.20. The Morgan fingerprint density at radius 3 is 2.53 bits per heavy atom. The van der Waals surface area contributed by atoms with Gasteiger partial charge in [0.05, 0.1) is 11.0 Å². The van der Waals surface area contributed by atoms with E-state index in [1.54, 1.807) is 19.1 Å². The SMILES string of the molecule is CC(C1CC1)N(C)c1ccc([C@H](C)O)cc1[N+](=O)[O-]. The van der Waals surface area contributed by atoms with Gasteiger partial charge in [0.2, 0.25) is 0 Å². The van der Waals surface area contributed by atoms with Gasteiger partial charge in [-0.3, -0.25) is 10.1 Å². The van der Waals surface area contributed by atoms with Crippen LogP contribution < -0.4 is 4.90 Å². The molecular formula is C14H20N2O3. The molecule has 0 heterocycles. The van der Waals surface area contributed by atoms with Crippen LogP contribution in [0.1, 0.15) is 38.4 Å². The maximum absolute atomic E-state index is 11.2. The summed E-state index contributed by atoms with van der Waals surface area (Å²) in [6, 6.07) is 5.26. The fourth-order valence-electron chi connectivity index (χ4n) is 2.36. The van der Waals surface area contributed by atoms with Gasteiger partial charge in [0.15, 0.2) is 0 Å². The van der Waals surface area contributed by atoms with Crippen molar-refractivity contribution in [3.8, 4) is 0 Å². The lowest BCUT2D eigenvalue weighted by Gasteiger charge is -2.27. The number of aliphatic hydroxyl groups excluding tert-OH is 1. The molecule has 2 atom stereocenters. The zero-order valence-corrected chi connectivity index (χ0v) is 11.5. The van der Waals surface area contributed by atoms with Gasteiger partial charge in [-0.25, -0.2) is 0 Å². The number of nitrogens with zero attached hydrogens (tertiary/aromatic N) is 2. The number of anilines is 1. The second-order valence-electron chi connectivity index (χ2n) is 5.37. The molecule has 1 saturated carbocycles. The monoisotopic (exact) mass is 264 g/mol. The third-order valence-corrected chi connectivity index (χ3v) is 3.97. The first-order valence-corrected chi connectivity index (χ1v) is 6.61. The lowest BCUT2D eigenvalue weighted by Crippen LogP contribution is -2.31. The minimum Gasteiger partial charge on any atom is -0.389 e. The lowest BCUT2D eigenvalue weighted by atomic mass is 10.1. The van der Waals surface area contributed by atoms with Crippen molar-refractivity contribution in [3.05, 3.63) is 33.9 Å². The van der Waals surface area contributed by atoms with Crippen LogP contribution in [0.4, 0.5) is 11.4 Å². The van der Waals surface area contributed by atoms with Crippen molar-refractivity contribution < 1.29 is 10.0 Å². The summed E-state index contributed by atoms with van der Waals surface area (Å²) in [5.41, 5.74) is 1.25. The fourth-order valence-corrected chi connectivity index (χ4v) is 2.36. The van der Waals surface area contributed by atoms with Gasteiger partial charge in [-0.1, -0.05) is 6.07 Å². The summed E-state index contributed by atoms with van der Waals surface area (Å²) in [6.07, 6.45) is 1.70. The highest BCUT2D eigenvalue weighted by atomic mass is 16.6. The molecule has 0 amide bonds. The Morgan fingerprint density at radius 1 is 1.42 bits per heavy atom. The quantitative estimate of drug-likeness (QED) is 0.656. The van der Waals surface area contributed by atoms with Gasteiger partial charge in [-0.2, -0.15) is 0 Å². The topological polar surface area (TPSA) is 66.6 Å². The Labute approximate surface area is 113 Å². The van der Waals surface area contributed by atoms with E-state index >= 15 is 0 Å². The van der Waals surface area contributed by atoms with E-state index in [1.165, 1.54) is 18.9 Å². The van der Waals surface area contributed by atoms with E-state index < -0.39 is 6.10 Å². The van der Waals surface area contributed by atoms with Crippen molar-refractivity contribution in [2.24, 2.45) is 5.92 Å². The third-order valence-electron chi connectivity index (χ3n) is 3.97. The summed E-state index contributed by atoms with van der Waals surface area (Å²) in [6.45, 7) is 3.71. The van der Waals surface area contributed by atoms with Gasteiger partial charge in [-0.15, -0.1) is 0 Å². The minimum absolute atomic E-state index is 0.0633. The maximum atomic E-state index is 11.2. The highest BCUT2D eigenvalue weighted by molar-refractivity contribution is 5.64. The molecule has 19 heavy (non-hydrogen) atoms. The van der Waals surface area contributed by atoms with Gasteiger partial charge < -0.3 is 10.0 Å². The van der Waals surface area contributed by atoms with Crippen molar-refractivity contribution >= 4 is 11.4 Å². The van der Waals surface area contributed by atoms with Gasteiger partial charge in [0.1, 0.15) is 5.69 Å². The average molecular weight is 264 g/mol. The van der Waals surface area contributed by atoms with E-state index in [-0.39, 0.29) is 10.6 Å². The van der Waals surface area contributed by atoms with Gasteiger partial charge in [0, 0.05) is 19.2 Å². The number of rotatable bonds is 5. The number of nitro groups is 1. The predicted molar refractivity (Wildman–Crippen MR) is 74.3 cm³/mol. The summed E-state index contributed by atoms with van der Waals surface area (Å²) in [5.74, 6) is 0.640. The number of hydrogen-bond donors (Lipinski definition) is 1. The zero-order chi connectivity index (χ0) is 14.2. The Hall–Kier alpha value is -1.62. The molecule has 1 unspecified atom stereocenters. The van der Waals surface area contributed by atoms with Crippen molar-refractivity contribution in [1.82, 2.24) is 0 Å². The molecule has 1 aromatic rings. The highest BCUT2D eigenvalue weighted by Gasteiger charge is 2.32. The molecule has 0 saturated heterocycles. The maximum Gasteiger partial charge on any atom is 0.292 e. The summed E-state index contributed by atoms with van der Waals surface area (Å²) < 4.78 is 0. The standard InChI is InChI=1S/C14H20N2O3/c1-9(11-4-5-11)15(3)13-7-6-12(10(2)17)8-14(13)16(18)19/h6-11,17H,4-5H2,1-3H3/t9?,10-/m0/s1. The van der Waals surface area contributed by atoms with Crippen LogP contribution in [-0.2, 0) is 0 Å². The van der Waals surface area contributed by atoms with Crippen LogP contribution in [0.25, 0.3) is 0 Å². The van der Waals surface area contributed by atoms with Crippen LogP contribution in [0.3, 0.4) is 0 Å². The van der Waals surface area contributed by atoms with Crippen LogP contribution in [0.2, 0.25) is 0 Å². The van der Waals surface area contributed by atoms with Crippen LogP contribution in [0.15, 0.2) is 18.2 Å². The molecule has 0 aliphatic heterocycles. The Morgan fingerprint density at radius 2 is 2.05 bits per heavy atom. The molecule has 1 N–H and O–H groups in total. The van der Waals surface area contributed by atoms with Gasteiger partial charge >= 0.3 is 0 Å². The zero-order valence-electron chi connectivity index (χ0n) is 11.5. The number of nitro benzene ring substituents is 1. The van der Waals surface area contributed by atoms with Crippen LogP contribution >= 0.6 is 0 Å². The summed E-state index contributed by atoms with van der Waals surface area (Å²) in [7, 11) is 1.90. The molecule has 1 aliphatic carbocycles. The Balaban J connectivity index is 2.35. The van der Waals surface area contributed by atoms with Crippen LogP contribution in [0.5, 0.6) is 0 Å². The molecule has 1 fully saturated rings. The van der Waals surface area contributed by atoms with Gasteiger partial charge in [0.25, 0.3) is 5.69 Å². The molecule has 0 aromatic heterocycles. The normalized spacial score (nSPS) is 17.9. The van der Waals surface area contributed by atoms with Crippen LogP contribution in [0, 0.1) is 16.0 Å². The lowest BCUT2D eigenvalue weighted by molar-refractivity contribution is -0.384. The van der Waals surface area contributed by atoms with Crippen molar-refractivity contribution in [2.45, 2.75) is 38.8 Å². The first-order valence-electron chi connectivity index (χ1n) is 6.61. The van der Waals surface area contributed by atoms with E-state index in [0.29, 0.717) is 23.2 Å². The molecule has 1 aliphatic rings. The molecule has 104 valence electrons. The first-order chi connectivity index (χ1) is 8.91. The fraction of sp³-hybridized carbons (Fsp3) is 0.571. The van der Waals surface area contributed by atoms with E-state index in [1.807, 2.05) is 11.9 Å². The summed E-state index contributed by atoms with van der Waals surface area (Å²) in [5, 5.41) is 20.7. The highest BCUT2D eigenvalue weighted by Crippen LogP contribution is 2.39. The Bertz CT molecular complexity index is 484. The number of benzene rings is 1. The molecule has 5 heteroatoms. The molecule has 0 radical (unpaired) electrons. The van der Waals surface area contributed by atoms with E-state index in [2.05, 4.69) is 6.92 Å². The number of aliphatic hydroxyl groups is 1.